The number of amides is 1. The SMILES string of the molecule is CCN(CC)C(=O)Cn1cc(C=O)cn1. The maximum atomic E-state index is 11.6. The molecule has 0 unspecified atom stereocenters. The third-order valence-corrected chi connectivity index (χ3v) is 2.20. The van der Waals surface area contributed by atoms with Crippen LogP contribution in [0.25, 0.3) is 0 Å². The van der Waals surface area contributed by atoms with Crippen LogP contribution in [0, 0.1) is 0 Å². The predicted octanol–water partition coefficient (Wildman–Crippen LogP) is 0.564. The summed E-state index contributed by atoms with van der Waals surface area (Å²) >= 11 is 0. The van der Waals surface area contributed by atoms with E-state index in [2.05, 4.69) is 5.10 Å². The van der Waals surface area contributed by atoms with E-state index in [1.807, 2.05) is 13.8 Å². The Morgan fingerprint density at radius 1 is 1.53 bits per heavy atom. The normalized spacial score (nSPS) is 10.0. The number of aromatic nitrogens is 2. The fourth-order valence-electron chi connectivity index (χ4n) is 1.34. The van der Waals surface area contributed by atoms with Crippen LogP contribution in [0.15, 0.2) is 12.4 Å². The van der Waals surface area contributed by atoms with Gasteiger partial charge in [0, 0.05) is 19.3 Å². The van der Waals surface area contributed by atoms with E-state index in [0.29, 0.717) is 24.9 Å². The molecule has 82 valence electrons. The second kappa shape index (κ2) is 5.29. The molecule has 1 aromatic heterocycles. The van der Waals surface area contributed by atoms with Crippen LogP contribution in [0.4, 0.5) is 0 Å². The zero-order valence-electron chi connectivity index (χ0n) is 9.01. The van der Waals surface area contributed by atoms with Gasteiger partial charge in [-0.05, 0) is 13.8 Å². The number of rotatable bonds is 5. The summed E-state index contributed by atoms with van der Waals surface area (Å²) in [6.45, 7) is 5.44. The molecule has 0 aliphatic heterocycles. The van der Waals surface area contributed by atoms with Crippen LogP contribution in [0.5, 0.6) is 0 Å². The van der Waals surface area contributed by atoms with E-state index in [0.717, 1.165) is 0 Å². The fraction of sp³-hybridized carbons (Fsp3) is 0.500. The highest BCUT2D eigenvalue weighted by Gasteiger charge is 2.10. The second-order valence-electron chi connectivity index (χ2n) is 3.16. The molecule has 0 saturated carbocycles. The highest BCUT2D eigenvalue weighted by Crippen LogP contribution is 1.96. The molecule has 1 heterocycles. The number of carbonyl (C=O) groups excluding carboxylic acids is 2. The van der Waals surface area contributed by atoms with E-state index in [4.69, 9.17) is 0 Å². The molecule has 0 radical (unpaired) electrons. The van der Waals surface area contributed by atoms with Gasteiger partial charge in [0.15, 0.2) is 6.29 Å². The largest absolute Gasteiger partial charge is 0.342 e. The van der Waals surface area contributed by atoms with Crippen molar-refractivity contribution in [1.82, 2.24) is 14.7 Å². The first kappa shape index (κ1) is 11.4. The van der Waals surface area contributed by atoms with Crippen LogP contribution in [-0.4, -0.2) is 40.0 Å². The summed E-state index contributed by atoms with van der Waals surface area (Å²) in [7, 11) is 0. The van der Waals surface area contributed by atoms with E-state index in [-0.39, 0.29) is 12.5 Å². The number of nitrogens with zero attached hydrogens (tertiary/aromatic N) is 3. The number of carbonyl (C=O) groups is 2. The maximum absolute atomic E-state index is 11.6. The summed E-state index contributed by atoms with van der Waals surface area (Å²) in [6, 6.07) is 0. The molecule has 0 aliphatic rings. The van der Waals surface area contributed by atoms with Gasteiger partial charge < -0.3 is 4.90 Å². The van der Waals surface area contributed by atoms with Gasteiger partial charge in [-0.15, -0.1) is 0 Å². The maximum Gasteiger partial charge on any atom is 0.244 e. The summed E-state index contributed by atoms with van der Waals surface area (Å²) in [5, 5.41) is 3.92. The smallest absolute Gasteiger partial charge is 0.244 e. The van der Waals surface area contributed by atoms with Crippen LogP contribution in [-0.2, 0) is 11.3 Å². The average Bonchev–Trinajstić information content (AvgIpc) is 2.67. The molecule has 1 amide bonds. The van der Waals surface area contributed by atoms with Gasteiger partial charge >= 0.3 is 0 Å². The molecule has 0 spiro atoms. The lowest BCUT2D eigenvalue weighted by Crippen LogP contribution is -2.33. The number of likely N-dealkylation sites (N-methyl/N-ethyl adjacent to an activating group) is 1. The van der Waals surface area contributed by atoms with Crippen LogP contribution in [0.3, 0.4) is 0 Å². The molecular weight excluding hydrogens is 194 g/mol. The van der Waals surface area contributed by atoms with Crippen molar-refractivity contribution in [1.29, 1.82) is 0 Å². The first-order valence-corrected chi connectivity index (χ1v) is 4.96. The standard InChI is InChI=1S/C10H15N3O2/c1-3-12(4-2)10(15)7-13-6-9(8-14)5-11-13/h5-6,8H,3-4,7H2,1-2H3. The Bertz CT molecular complexity index is 342. The Morgan fingerprint density at radius 2 is 2.20 bits per heavy atom. The van der Waals surface area contributed by atoms with Gasteiger partial charge in [0.05, 0.1) is 11.8 Å². The van der Waals surface area contributed by atoms with Gasteiger partial charge in [-0.1, -0.05) is 0 Å². The number of hydrogen-bond acceptors (Lipinski definition) is 3. The number of aldehydes is 1. The highest BCUT2D eigenvalue weighted by molar-refractivity contribution is 5.76. The Hall–Kier alpha value is -1.65. The zero-order valence-corrected chi connectivity index (χ0v) is 9.01. The quantitative estimate of drug-likeness (QED) is 0.666. The van der Waals surface area contributed by atoms with Crippen LogP contribution in [0.1, 0.15) is 24.2 Å². The first-order chi connectivity index (χ1) is 7.21. The molecule has 0 fully saturated rings. The lowest BCUT2D eigenvalue weighted by Gasteiger charge is -2.18. The van der Waals surface area contributed by atoms with Crippen molar-refractivity contribution >= 4 is 12.2 Å². The molecule has 5 heteroatoms. The van der Waals surface area contributed by atoms with Gasteiger partial charge in [0.25, 0.3) is 0 Å². The first-order valence-electron chi connectivity index (χ1n) is 4.96. The van der Waals surface area contributed by atoms with Crippen LogP contribution >= 0.6 is 0 Å². The van der Waals surface area contributed by atoms with Crippen LogP contribution < -0.4 is 0 Å². The minimum Gasteiger partial charge on any atom is -0.342 e. The summed E-state index contributed by atoms with van der Waals surface area (Å²) in [5.74, 6) is 0.0144. The summed E-state index contributed by atoms with van der Waals surface area (Å²) < 4.78 is 1.48. The third kappa shape index (κ3) is 2.90. The van der Waals surface area contributed by atoms with Crippen molar-refractivity contribution in [2.45, 2.75) is 20.4 Å². The van der Waals surface area contributed by atoms with E-state index in [9.17, 15) is 9.59 Å². The summed E-state index contributed by atoms with van der Waals surface area (Å²) in [4.78, 5) is 23.8. The summed E-state index contributed by atoms with van der Waals surface area (Å²) in [5.41, 5.74) is 0.488. The molecule has 0 N–H and O–H groups in total. The topological polar surface area (TPSA) is 55.2 Å². The minimum atomic E-state index is 0.0144. The molecule has 0 saturated heterocycles. The van der Waals surface area contributed by atoms with Crippen molar-refractivity contribution in [3.05, 3.63) is 18.0 Å². The lowest BCUT2D eigenvalue weighted by atomic mass is 10.4. The fourth-order valence-corrected chi connectivity index (χ4v) is 1.34. The Labute approximate surface area is 88.7 Å². The predicted molar refractivity (Wildman–Crippen MR) is 55.5 cm³/mol. The average molecular weight is 209 g/mol. The molecule has 5 nitrogen and oxygen atoms in total. The Kier molecular flexibility index (Phi) is 4.03. The van der Waals surface area contributed by atoms with Gasteiger partial charge in [-0.3, -0.25) is 14.3 Å². The lowest BCUT2D eigenvalue weighted by molar-refractivity contribution is -0.131. The van der Waals surface area contributed by atoms with E-state index < -0.39 is 0 Å². The Morgan fingerprint density at radius 3 is 2.67 bits per heavy atom. The van der Waals surface area contributed by atoms with Crippen molar-refractivity contribution in [3.63, 3.8) is 0 Å². The van der Waals surface area contributed by atoms with Gasteiger partial charge in [0.2, 0.25) is 5.91 Å². The van der Waals surface area contributed by atoms with E-state index in [1.165, 1.54) is 10.9 Å². The van der Waals surface area contributed by atoms with Gasteiger partial charge in [0.1, 0.15) is 6.54 Å². The molecule has 1 rings (SSSR count). The highest BCUT2D eigenvalue weighted by atomic mass is 16.2. The molecule has 15 heavy (non-hydrogen) atoms. The Balaban J connectivity index is 2.61. The number of hydrogen-bond donors (Lipinski definition) is 0. The molecule has 0 aliphatic carbocycles. The van der Waals surface area contributed by atoms with Gasteiger partial charge in [-0.25, -0.2) is 0 Å². The van der Waals surface area contributed by atoms with E-state index >= 15 is 0 Å². The zero-order chi connectivity index (χ0) is 11.3. The van der Waals surface area contributed by atoms with Gasteiger partial charge in [-0.2, -0.15) is 5.10 Å². The van der Waals surface area contributed by atoms with Crippen molar-refractivity contribution in [2.24, 2.45) is 0 Å². The monoisotopic (exact) mass is 209 g/mol. The van der Waals surface area contributed by atoms with Crippen molar-refractivity contribution in [2.75, 3.05) is 13.1 Å². The molecular formula is C10H15N3O2. The van der Waals surface area contributed by atoms with Crippen LogP contribution in [0.2, 0.25) is 0 Å². The van der Waals surface area contributed by atoms with Crippen molar-refractivity contribution in [3.8, 4) is 0 Å². The van der Waals surface area contributed by atoms with Crippen molar-refractivity contribution < 1.29 is 9.59 Å². The second-order valence-corrected chi connectivity index (χ2v) is 3.16. The van der Waals surface area contributed by atoms with E-state index in [1.54, 1.807) is 11.1 Å². The minimum absolute atomic E-state index is 0.0144. The molecule has 0 aromatic carbocycles. The molecule has 1 aromatic rings. The molecule has 0 atom stereocenters. The summed E-state index contributed by atoms with van der Waals surface area (Å²) in [6.07, 6.45) is 3.72. The molecule has 0 bridgehead atoms. The third-order valence-electron chi connectivity index (χ3n) is 2.20.